The van der Waals surface area contributed by atoms with Gasteiger partial charge in [0, 0.05) is 18.0 Å². The quantitative estimate of drug-likeness (QED) is 0.351. The highest BCUT2D eigenvalue weighted by Crippen LogP contribution is 2.53. The van der Waals surface area contributed by atoms with Gasteiger partial charge in [0.2, 0.25) is 5.78 Å². The molecule has 210 valence electrons. The van der Waals surface area contributed by atoms with E-state index in [-0.39, 0.29) is 29.7 Å². The number of benzene rings is 2. The second-order valence-corrected chi connectivity index (χ2v) is 11.4. The number of carbonyl (C=O) groups is 3. The molecule has 5 rings (SSSR count). The molecule has 4 atom stereocenters. The van der Waals surface area contributed by atoms with Gasteiger partial charge in [-0.2, -0.15) is 0 Å². The van der Waals surface area contributed by atoms with Gasteiger partial charge < -0.3 is 31.1 Å². The number of Topliss-reactive ketones (excluding diaryl/α,β-unsaturated/α-hetero) is 2. The highest BCUT2D eigenvalue weighted by Gasteiger charge is 2.63. The van der Waals surface area contributed by atoms with E-state index < -0.39 is 58.0 Å². The van der Waals surface area contributed by atoms with E-state index >= 15 is 0 Å². The number of primary amides is 1. The number of aromatic hydroxyl groups is 1. The second-order valence-electron chi connectivity index (χ2n) is 11.4. The van der Waals surface area contributed by atoms with Crippen molar-refractivity contribution in [1.29, 1.82) is 0 Å². The number of carbonyl (C=O) groups excluding carboxylic acids is 3. The molecule has 1 amide bonds. The first kappa shape index (κ1) is 27.6. The van der Waals surface area contributed by atoms with E-state index in [2.05, 4.69) is 0 Å². The number of rotatable bonds is 5. The molecule has 0 radical (unpaired) electrons. The van der Waals surface area contributed by atoms with Crippen LogP contribution in [0.15, 0.2) is 59.1 Å². The van der Waals surface area contributed by atoms with Crippen LogP contribution >= 0.6 is 0 Å². The first-order chi connectivity index (χ1) is 18.8. The Balaban J connectivity index is 1.69. The fourth-order valence-corrected chi connectivity index (χ4v) is 6.72. The van der Waals surface area contributed by atoms with Crippen molar-refractivity contribution in [2.24, 2.45) is 17.6 Å². The van der Waals surface area contributed by atoms with Gasteiger partial charge in [-0.15, -0.1) is 0 Å². The first-order valence-corrected chi connectivity index (χ1v) is 13.0. The van der Waals surface area contributed by atoms with Gasteiger partial charge >= 0.3 is 0 Å². The Morgan fingerprint density at radius 2 is 1.77 bits per heavy atom. The Bertz CT molecular complexity index is 1520. The van der Waals surface area contributed by atoms with Gasteiger partial charge in [-0.05, 0) is 81.3 Å². The van der Waals surface area contributed by atoms with Crippen molar-refractivity contribution in [3.05, 3.63) is 75.8 Å². The number of allylic oxidation sites excluding steroid dienone is 1. The molecule has 10 nitrogen and oxygen atoms in total. The summed E-state index contributed by atoms with van der Waals surface area (Å²) in [5.41, 5.74) is 5.00. The van der Waals surface area contributed by atoms with Crippen LogP contribution in [-0.2, 0) is 22.6 Å². The average Bonchev–Trinajstić information content (AvgIpc) is 2.85. The number of phenols is 1. The van der Waals surface area contributed by atoms with Gasteiger partial charge in [0.05, 0.1) is 11.6 Å². The number of hydrogen-bond donors (Lipinski definition) is 5. The van der Waals surface area contributed by atoms with Crippen LogP contribution in [0.25, 0.3) is 11.1 Å². The van der Waals surface area contributed by atoms with Crippen LogP contribution in [0.5, 0.6) is 5.75 Å². The summed E-state index contributed by atoms with van der Waals surface area (Å²) in [6.45, 7) is 0.709. The van der Waals surface area contributed by atoms with E-state index in [1.54, 1.807) is 20.2 Å². The lowest BCUT2D eigenvalue weighted by molar-refractivity contribution is -0.148. The van der Waals surface area contributed by atoms with Crippen molar-refractivity contribution in [3.63, 3.8) is 0 Å². The third kappa shape index (κ3) is 3.94. The molecule has 0 fully saturated rings. The molecule has 6 N–H and O–H groups in total. The topological polar surface area (TPSA) is 165 Å². The van der Waals surface area contributed by atoms with Crippen LogP contribution in [-0.4, -0.2) is 87.5 Å². The SMILES string of the molecule is CN(C)Cc1cccc(-c2ccc(O)c3c2C[C@@H]2C[C@@H]4[C@@H](N(C)C)C(O)=C(C(N)=O)C(=O)[C@]4(O)C(O)=C2C3=O)c1. The normalized spacial score (nSPS) is 26.2. The summed E-state index contributed by atoms with van der Waals surface area (Å²) in [6, 6.07) is 10.0. The molecule has 2 aromatic carbocycles. The van der Waals surface area contributed by atoms with Gasteiger partial charge in [0.1, 0.15) is 22.8 Å². The Kier molecular flexibility index (Phi) is 6.60. The van der Waals surface area contributed by atoms with Crippen LogP contribution in [0.2, 0.25) is 0 Å². The van der Waals surface area contributed by atoms with Gasteiger partial charge in [-0.3, -0.25) is 19.3 Å². The molecule has 40 heavy (non-hydrogen) atoms. The summed E-state index contributed by atoms with van der Waals surface area (Å²) >= 11 is 0. The summed E-state index contributed by atoms with van der Waals surface area (Å²) in [7, 11) is 7.14. The fourth-order valence-electron chi connectivity index (χ4n) is 6.72. The summed E-state index contributed by atoms with van der Waals surface area (Å²) in [5, 5.41) is 44.9. The zero-order valence-electron chi connectivity index (χ0n) is 22.8. The summed E-state index contributed by atoms with van der Waals surface area (Å²) in [4.78, 5) is 43.0. The molecule has 0 aliphatic heterocycles. The third-order valence-electron chi connectivity index (χ3n) is 8.34. The zero-order chi connectivity index (χ0) is 29.3. The Labute approximate surface area is 231 Å². The molecule has 10 heteroatoms. The number of nitrogens with two attached hydrogens (primary N) is 1. The van der Waals surface area contributed by atoms with E-state index in [1.165, 1.54) is 11.0 Å². The molecule has 0 saturated carbocycles. The predicted molar refractivity (Wildman–Crippen MR) is 147 cm³/mol. The van der Waals surface area contributed by atoms with Crippen molar-refractivity contribution < 1.29 is 34.8 Å². The highest BCUT2D eigenvalue weighted by molar-refractivity contribution is 6.24. The van der Waals surface area contributed by atoms with Crippen molar-refractivity contribution in [3.8, 4) is 16.9 Å². The van der Waals surface area contributed by atoms with Gasteiger partial charge in [0.25, 0.3) is 5.91 Å². The molecule has 0 bridgehead atoms. The van der Waals surface area contributed by atoms with Crippen LogP contribution in [0.1, 0.15) is 27.9 Å². The number of aliphatic hydroxyl groups is 3. The number of hydrogen-bond acceptors (Lipinski definition) is 9. The van der Waals surface area contributed by atoms with E-state index in [4.69, 9.17) is 5.73 Å². The molecule has 0 heterocycles. The zero-order valence-corrected chi connectivity index (χ0v) is 22.8. The maximum absolute atomic E-state index is 13.9. The summed E-state index contributed by atoms with van der Waals surface area (Å²) in [5.74, 6) is -6.64. The van der Waals surface area contributed by atoms with Crippen molar-refractivity contribution in [2.75, 3.05) is 28.2 Å². The number of likely N-dealkylation sites (N-methyl/N-ethyl adjacent to an activating group) is 1. The van der Waals surface area contributed by atoms with E-state index in [9.17, 15) is 34.8 Å². The fraction of sp³-hybridized carbons (Fsp3) is 0.367. The largest absolute Gasteiger partial charge is 0.510 e. The maximum Gasteiger partial charge on any atom is 0.255 e. The molecule has 2 aromatic rings. The van der Waals surface area contributed by atoms with E-state index in [1.807, 2.05) is 43.3 Å². The molecule has 3 aliphatic rings. The summed E-state index contributed by atoms with van der Waals surface area (Å²) in [6.07, 6.45) is 0.276. The van der Waals surface area contributed by atoms with Crippen LogP contribution < -0.4 is 5.73 Å². The molecular weight excluding hydrogens is 514 g/mol. The Hall–Kier alpha value is -3.99. The van der Waals surface area contributed by atoms with E-state index in [0.29, 0.717) is 12.1 Å². The van der Waals surface area contributed by atoms with Gasteiger partial charge in [-0.1, -0.05) is 24.3 Å². The highest BCUT2D eigenvalue weighted by atomic mass is 16.3. The monoisotopic (exact) mass is 547 g/mol. The smallest absolute Gasteiger partial charge is 0.255 e. The lowest BCUT2D eigenvalue weighted by atomic mass is 9.58. The lowest BCUT2D eigenvalue weighted by Gasteiger charge is -2.50. The molecular formula is C30H33N3O7. The van der Waals surface area contributed by atoms with Crippen LogP contribution in [0.3, 0.4) is 0 Å². The van der Waals surface area contributed by atoms with Crippen LogP contribution in [0.4, 0.5) is 0 Å². The first-order valence-electron chi connectivity index (χ1n) is 13.0. The average molecular weight is 548 g/mol. The third-order valence-corrected chi connectivity index (χ3v) is 8.34. The molecule has 0 unspecified atom stereocenters. The minimum atomic E-state index is -2.65. The number of nitrogens with zero attached hydrogens (tertiary/aromatic N) is 2. The summed E-state index contributed by atoms with van der Waals surface area (Å²) < 4.78 is 0. The number of ketones is 2. The molecule has 3 aliphatic carbocycles. The standard InChI is InChI=1S/C30H33N3O7/c1-32(2)13-14-6-5-7-15(10-14)17-8-9-20(34)22-18(17)11-16-12-19-24(33(3)4)26(36)23(29(31)39)28(38)30(19,40)27(37)21(16)25(22)35/h5-10,16,19,24,34,36-37,40H,11-13H2,1-4H3,(H2,31,39)/t16-,19-,24-,30-/m1/s1. The lowest BCUT2D eigenvalue weighted by Crippen LogP contribution is -2.63. The maximum atomic E-state index is 13.9. The van der Waals surface area contributed by atoms with Crippen molar-refractivity contribution >= 4 is 17.5 Å². The minimum absolute atomic E-state index is 0.00343. The second kappa shape index (κ2) is 9.58. The Morgan fingerprint density at radius 3 is 2.40 bits per heavy atom. The van der Waals surface area contributed by atoms with Crippen LogP contribution in [0, 0.1) is 11.8 Å². The molecule has 0 spiro atoms. The van der Waals surface area contributed by atoms with Crippen molar-refractivity contribution in [1.82, 2.24) is 9.80 Å². The minimum Gasteiger partial charge on any atom is -0.510 e. The van der Waals surface area contributed by atoms with Gasteiger partial charge in [-0.25, -0.2) is 0 Å². The molecule has 0 aromatic heterocycles. The van der Waals surface area contributed by atoms with E-state index in [0.717, 1.165) is 16.7 Å². The van der Waals surface area contributed by atoms with Crippen molar-refractivity contribution in [2.45, 2.75) is 31.0 Å². The number of aliphatic hydroxyl groups excluding tert-OH is 2. The number of fused-ring (bicyclic) bond motifs is 3. The predicted octanol–water partition coefficient (Wildman–Crippen LogP) is 1.85. The number of amides is 1. The Morgan fingerprint density at radius 1 is 1.07 bits per heavy atom. The molecule has 0 saturated heterocycles. The van der Waals surface area contributed by atoms with Gasteiger partial charge in [0.15, 0.2) is 11.4 Å². The number of phenolic OH excluding ortho intramolecular Hbond substituents is 1.